The number of thiazole rings is 1. The summed E-state index contributed by atoms with van der Waals surface area (Å²) in [6.45, 7) is 0.315. The van der Waals surface area contributed by atoms with Gasteiger partial charge in [0, 0.05) is 22.5 Å². The van der Waals surface area contributed by atoms with Crippen LogP contribution in [-0.2, 0) is 6.54 Å². The van der Waals surface area contributed by atoms with Crippen LogP contribution in [0, 0.1) is 5.82 Å². The number of hydrogen-bond donors (Lipinski definition) is 1. The molecule has 8 heteroatoms. The van der Waals surface area contributed by atoms with Crippen molar-refractivity contribution in [2.75, 3.05) is 13.7 Å². The fourth-order valence-corrected chi connectivity index (χ4v) is 3.50. The Morgan fingerprint density at radius 1 is 1.23 bits per heavy atom. The number of nitrogens with zero attached hydrogens (tertiary/aromatic N) is 2. The molecule has 0 amide bonds. The third kappa shape index (κ3) is 4.54. The zero-order valence-corrected chi connectivity index (χ0v) is 17.1. The maximum absolute atomic E-state index is 14.0. The summed E-state index contributed by atoms with van der Waals surface area (Å²) in [4.78, 5) is 5.31. The van der Waals surface area contributed by atoms with Gasteiger partial charge >= 0.3 is 0 Å². The monoisotopic (exact) mass is 458 g/mol. The summed E-state index contributed by atoms with van der Waals surface area (Å²) in [5.74, 6) is -0.239. The van der Waals surface area contributed by atoms with Gasteiger partial charge in [-0.1, -0.05) is 11.6 Å². The Kier molecular flexibility index (Phi) is 7.40. The van der Waals surface area contributed by atoms with Gasteiger partial charge in [0.1, 0.15) is 0 Å². The van der Waals surface area contributed by atoms with Gasteiger partial charge in [0.25, 0.3) is 0 Å². The fraction of sp³-hybridized carbons (Fsp3) is 0.167. The first kappa shape index (κ1) is 20.6. The average Bonchev–Trinajstić information content (AvgIpc) is 3.00. The van der Waals surface area contributed by atoms with E-state index in [1.165, 1.54) is 24.5 Å². The first-order chi connectivity index (χ1) is 12.1. The SMILES string of the molecule is Br.COc1ccc(-c2csc(=Nc3ccc(Cl)cc3)n2CCO)cc1F. The third-order valence-corrected chi connectivity index (χ3v) is 4.74. The van der Waals surface area contributed by atoms with Gasteiger partial charge in [-0.2, -0.15) is 0 Å². The number of halogens is 3. The lowest BCUT2D eigenvalue weighted by molar-refractivity contribution is 0.275. The number of ether oxygens (including phenoxy) is 1. The van der Waals surface area contributed by atoms with E-state index >= 15 is 0 Å². The Morgan fingerprint density at radius 2 is 1.96 bits per heavy atom. The first-order valence-electron chi connectivity index (χ1n) is 7.56. The highest BCUT2D eigenvalue weighted by molar-refractivity contribution is 8.93. The quantitative estimate of drug-likeness (QED) is 0.594. The van der Waals surface area contributed by atoms with Gasteiger partial charge in [-0.3, -0.25) is 0 Å². The molecule has 0 spiro atoms. The van der Waals surface area contributed by atoms with Crippen LogP contribution in [0.4, 0.5) is 10.1 Å². The van der Waals surface area contributed by atoms with Crippen molar-refractivity contribution in [3.05, 3.63) is 63.5 Å². The minimum Gasteiger partial charge on any atom is -0.494 e. The van der Waals surface area contributed by atoms with E-state index in [-0.39, 0.29) is 29.3 Å². The van der Waals surface area contributed by atoms with Crippen LogP contribution in [-0.4, -0.2) is 23.4 Å². The minimum atomic E-state index is -0.432. The lowest BCUT2D eigenvalue weighted by Gasteiger charge is -2.09. The van der Waals surface area contributed by atoms with Crippen molar-refractivity contribution in [3.63, 3.8) is 0 Å². The van der Waals surface area contributed by atoms with Crippen LogP contribution in [0.5, 0.6) is 5.75 Å². The molecule has 0 aliphatic heterocycles. The molecule has 0 fully saturated rings. The Hall–Kier alpha value is -1.67. The van der Waals surface area contributed by atoms with Gasteiger partial charge in [-0.15, -0.1) is 28.3 Å². The molecule has 0 aliphatic carbocycles. The molecule has 26 heavy (non-hydrogen) atoms. The largest absolute Gasteiger partial charge is 0.494 e. The van der Waals surface area contributed by atoms with Crippen molar-refractivity contribution < 1.29 is 14.2 Å². The van der Waals surface area contributed by atoms with E-state index in [2.05, 4.69) is 4.99 Å². The Morgan fingerprint density at radius 3 is 2.58 bits per heavy atom. The summed E-state index contributed by atoms with van der Waals surface area (Å²) in [6, 6.07) is 12.0. The average molecular weight is 460 g/mol. The predicted molar refractivity (Wildman–Crippen MR) is 108 cm³/mol. The van der Waals surface area contributed by atoms with Crippen LogP contribution in [0.2, 0.25) is 5.02 Å². The summed E-state index contributed by atoms with van der Waals surface area (Å²) in [5, 5.41) is 11.9. The molecular formula is C18H17BrClFN2O2S. The van der Waals surface area contributed by atoms with E-state index in [4.69, 9.17) is 16.3 Å². The van der Waals surface area contributed by atoms with Crippen molar-refractivity contribution in [2.45, 2.75) is 6.54 Å². The number of aliphatic hydroxyl groups excluding tert-OH is 1. The molecule has 1 heterocycles. The van der Waals surface area contributed by atoms with Crippen molar-refractivity contribution in [1.29, 1.82) is 0 Å². The van der Waals surface area contributed by atoms with Gasteiger partial charge in [0.15, 0.2) is 16.4 Å². The highest BCUT2D eigenvalue weighted by Gasteiger charge is 2.11. The summed E-state index contributed by atoms with van der Waals surface area (Å²) in [7, 11) is 1.43. The van der Waals surface area contributed by atoms with Gasteiger partial charge in [0.05, 0.1) is 25.1 Å². The Bertz CT molecular complexity index is 941. The molecule has 0 saturated heterocycles. The molecule has 1 N–H and O–H groups in total. The molecule has 0 aliphatic rings. The molecule has 0 atom stereocenters. The molecular weight excluding hydrogens is 443 g/mol. The highest BCUT2D eigenvalue weighted by Crippen LogP contribution is 2.26. The number of hydrogen-bond acceptors (Lipinski definition) is 4. The van der Waals surface area contributed by atoms with Crippen molar-refractivity contribution in [2.24, 2.45) is 4.99 Å². The maximum Gasteiger partial charge on any atom is 0.190 e. The summed E-state index contributed by atoms with van der Waals surface area (Å²) in [6.07, 6.45) is 0. The zero-order chi connectivity index (χ0) is 17.8. The second-order valence-corrected chi connectivity index (χ2v) is 6.49. The number of aliphatic hydroxyl groups is 1. The zero-order valence-electron chi connectivity index (χ0n) is 13.9. The van der Waals surface area contributed by atoms with E-state index in [1.807, 2.05) is 22.1 Å². The second kappa shape index (κ2) is 9.32. The summed E-state index contributed by atoms with van der Waals surface area (Å²) >= 11 is 7.32. The molecule has 3 rings (SSSR count). The van der Waals surface area contributed by atoms with Crippen molar-refractivity contribution >= 4 is 45.6 Å². The highest BCUT2D eigenvalue weighted by atomic mass is 79.9. The van der Waals surface area contributed by atoms with Crippen LogP contribution < -0.4 is 9.54 Å². The third-order valence-electron chi connectivity index (χ3n) is 3.62. The molecule has 0 radical (unpaired) electrons. The molecule has 0 bridgehead atoms. The van der Waals surface area contributed by atoms with Crippen molar-refractivity contribution in [3.8, 4) is 17.0 Å². The molecule has 0 unspecified atom stereocenters. The smallest absolute Gasteiger partial charge is 0.190 e. The first-order valence-corrected chi connectivity index (χ1v) is 8.81. The lowest BCUT2D eigenvalue weighted by Crippen LogP contribution is -2.17. The van der Waals surface area contributed by atoms with Gasteiger partial charge in [0.2, 0.25) is 0 Å². The molecule has 0 saturated carbocycles. The normalized spacial score (nSPS) is 11.3. The van der Waals surface area contributed by atoms with Crippen LogP contribution >= 0.6 is 39.9 Å². The topological polar surface area (TPSA) is 46.8 Å². The summed E-state index contributed by atoms with van der Waals surface area (Å²) in [5.41, 5.74) is 2.24. The number of aromatic nitrogens is 1. The van der Waals surface area contributed by atoms with Gasteiger partial charge < -0.3 is 14.4 Å². The number of methoxy groups -OCH3 is 1. The maximum atomic E-state index is 14.0. The van der Waals surface area contributed by atoms with Gasteiger partial charge in [-0.25, -0.2) is 9.38 Å². The number of rotatable bonds is 5. The van der Waals surface area contributed by atoms with E-state index in [0.29, 0.717) is 21.9 Å². The van der Waals surface area contributed by atoms with Crippen LogP contribution in [0.25, 0.3) is 11.3 Å². The fourth-order valence-electron chi connectivity index (χ4n) is 2.42. The van der Waals surface area contributed by atoms with Crippen LogP contribution in [0.3, 0.4) is 0 Å². The second-order valence-electron chi connectivity index (χ2n) is 5.22. The van der Waals surface area contributed by atoms with Crippen LogP contribution in [0.15, 0.2) is 52.8 Å². The van der Waals surface area contributed by atoms with Crippen molar-refractivity contribution in [1.82, 2.24) is 4.57 Å². The predicted octanol–water partition coefficient (Wildman–Crippen LogP) is 4.82. The van der Waals surface area contributed by atoms with Gasteiger partial charge in [-0.05, 0) is 42.5 Å². The molecule has 138 valence electrons. The minimum absolute atomic E-state index is 0. The molecule has 1 aromatic heterocycles. The van der Waals surface area contributed by atoms with E-state index in [0.717, 1.165) is 11.4 Å². The Balaban J connectivity index is 0.00000243. The molecule has 2 aromatic carbocycles. The Labute approximate surface area is 169 Å². The molecule has 3 aromatic rings. The lowest BCUT2D eigenvalue weighted by atomic mass is 10.1. The number of benzene rings is 2. The van der Waals surface area contributed by atoms with E-state index in [1.54, 1.807) is 24.3 Å². The van der Waals surface area contributed by atoms with E-state index < -0.39 is 5.82 Å². The van der Waals surface area contributed by atoms with Crippen LogP contribution in [0.1, 0.15) is 0 Å². The molecule has 4 nitrogen and oxygen atoms in total. The van der Waals surface area contributed by atoms with E-state index in [9.17, 15) is 9.50 Å². The summed E-state index contributed by atoms with van der Waals surface area (Å²) < 4.78 is 20.8. The standard InChI is InChI=1S/C18H16ClFN2O2S.BrH/c1-24-17-7-2-12(10-15(17)20)16-11-25-18(22(16)8-9-23)21-14-5-3-13(19)4-6-14;/h2-7,10-11,23H,8-9H2,1H3;1H.